The van der Waals surface area contributed by atoms with Crippen LogP contribution in [0.25, 0.3) is 83.9 Å². The van der Waals surface area contributed by atoms with E-state index in [1.54, 1.807) is 72.3 Å². The maximum Gasteiger partial charge on any atom is 0.276 e. The molecular weight excluding hydrogens is 2030 g/mol. The molecule has 12 heterocycles. The van der Waals surface area contributed by atoms with Gasteiger partial charge in [0.2, 0.25) is 17.7 Å². The number of fused-ring (bicyclic) bond motifs is 3. The van der Waals surface area contributed by atoms with Crippen molar-refractivity contribution in [3.8, 4) is 86.3 Å². The highest BCUT2D eigenvalue weighted by Gasteiger charge is 2.40. The molecular formula is C96H81Cl12F3N18O9. The molecule has 9 aromatic heterocycles. The Balaban J connectivity index is 0.000000175. The summed E-state index contributed by atoms with van der Waals surface area (Å²) in [6.45, 7) is 35.7. The van der Waals surface area contributed by atoms with Gasteiger partial charge in [-0.1, -0.05) is 200 Å². The molecule has 3 N–H and O–H groups in total. The first-order valence-corrected chi connectivity index (χ1v) is 46.9. The zero-order chi connectivity index (χ0) is 101. The maximum absolute atomic E-state index is 15.7. The number of aromatic nitrogens is 9. The lowest BCUT2D eigenvalue weighted by atomic mass is 10.0. The van der Waals surface area contributed by atoms with E-state index in [4.69, 9.17) is 154 Å². The number of nitriles is 3. The number of piperazine rings is 3. The first-order valence-electron chi connectivity index (χ1n) is 42.4. The Labute approximate surface area is 848 Å². The van der Waals surface area contributed by atoms with Gasteiger partial charge in [0.1, 0.15) is 66.9 Å². The number of hydrogen-bond acceptors (Lipinski definition) is 21. The van der Waals surface area contributed by atoms with Crippen molar-refractivity contribution in [2.24, 2.45) is 0 Å². The Morgan fingerprint density at radius 3 is 0.913 bits per heavy atom. The van der Waals surface area contributed by atoms with Crippen molar-refractivity contribution in [2.45, 2.75) is 119 Å². The van der Waals surface area contributed by atoms with E-state index in [1.807, 2.05) is 77.0 Å². The number of hydrogen-bond donors (Lipinski definition) is 3. The average molecular weight is 2110 g/mol. The number of aryl methyl sites for hydroxylation is 3. The summed E-state index contributed by atoms with van der Waals surface area (Å²) in [6, 6.07) is 15.0. The smallest absolute Gasteiger partial charge is 0.276 e. The van der Waals surface area contributed by atoms with Crippen molar-refractivity contribution in [3.05, 3.63) is 252 Å². The van der Waals surface area contributed by atoms with Crippen LogP contribution in [-0.2, 0) is 14.4 Å². The minimum absolute atomic E-state index is 0.0229. The van der Waals surface area contributed by atoms with Gasteiger partial charge < -0.3 is 44.7 Å². The summed E-state index contributed by atoms with van der Waals surface area (Å²) in [5.41, 5.74) is 1.51. The highest BCUT2D eigenvalue weighted by molar-refractivity contribution is 6.48. The van der Waals surface area contributed by atoms with Gasteiger partial charge in [-0.2, -0.15) is 15.8 Å². The van der Waals surface area contributed by atoms with E-state index in [1.165, 1.54) is 50.1 Å². The van der Waals surface area contributed by atoms with Crippen LogP contribution in [0.5, 0.6) is 17.2 Å². The highest BCUT2D eigenvalue weighted by atomic mass is 35.5. The Hall–Kier alpha value is -11.6. The Morgan fingerprint density at radius 1 is 0.399 bits per heavy atom. The number of phenols is 3. The third kappa shape index (κ3) is 18.3. The molecule has 0 saturated carbocycles. The minimum Gasteiger partial charge on any atom is -0.505 e. The van der Waals surface area contributed by atoms with Crippen LogP contribution >= 0.6 is 139 Å². The third-order valence-electron chi connectivity index (χ3n) is 24.0. The van der Waals surface area contributed by atoms with E-state index in [0.29, 0.717) is 86.6 Å². The number of pyridine rings is 9. The molecule has 138 heavy (non-hydrogen) atoms. The van der Waals surface area contributed by atoms with E-state index in [9.17, 15) is 59.9 Å². The highest BCUT2D eigenvalue weighted by Crippen LogP contribution is 2.53. The summed E-state index contributed by atoms with van der Waals surface area (Å²) in [7, 11) is 0. The molecule has 3 fully saturated rings. The van der Waals surface area contributed by atoms with Crippen LogP contribution in [-0.4, -0.2) is 168 Å². The molecule has 42 heteroatoms. The number of benzene rings is 3. The Morgan fingerprint density at radius 2 is 0.659 bits per heavy atom. The van der Waals surface area contributed by atoms with E-state index in [2.05, 4.69) is 52.9 Å². The number of carbonyl (C=O) groups excluding carboxylic acids is 3. The quantitative estimate of drug-likeness (QED) is 0.0487. The van der Waals surface area contributed by atoms with E-state index >= 15 is 13.2 Å². The number of carbonyl (C=O) groups is 3. The molecule has 0 aliphatic carbocycles. The lowest BCUT2D eigenvalue weighted by Crippen LogP contribution is -2.54. The molecule has 0 radical (unpaired) electrons. The Bertz CT molecular complexity index is 6790. The van der Waals surface area contributed by atoms with Crippen molar-refractivity contribution in [2.75, 3.05) is 73.6 Å². The molecule has 12 aromatic rings. The SMILES string of the molecule is C=CC(=O)N1CCN(c2c(C#N)c(=O)n(-c3c(C)ccnc3C(C)C)c3nc(-c4c(Cl)c(O)c(Cl)c(F)c4Cl)c(Cl)cc23)C[C@H]1C.C=CC(=O)N1CCN(c2c(C#N)c(=O)n(-c3c(C)ccnc3C(C)C)c3nc(-c4c(F)c(Cl)c(Cl)c(O)c4Cl)c(Cl)cc23)C[C@H]1C.C=CC(=O)N1CCN(c2c(C#N)c(=O)n(-c3c(C)ccnc3C(C)C)c3nc(-c4c(F)c(Cl)c(Cl)c(O)c4Cl)c(Cl)cc23)C[C@H]1C. The first-order chi connectivity index (χ1) is 65.2. The second-order valence-electron chi connectivity index (χ2n) is 33.6. The zero-order valence-corrected chi connectivity index (χ0v) is 84.5. The fourth-order valence-corrected chi connectivity index (χ4v) is 20.4. The number of anilines is 3. The van der Waals surface area contributed by atoms with Gasteiger partial charge in [0.15, 0.2) is 34.7 Å². The fourth-order valence-electron chi connectivity index (χ4n) is 17.4. The normalized spacial score (nSPS) is 15.0. The summed E-state index contributed by atoms with van der Waals surface area (Å²) in [5.74, 6) is -6.56. The van der Waals surface area contributed by atoms with Crippen LogP contribution in [0.4, 0.5) is 30.2 Å². The number of rotatable bonds is 15. The second-order valence-corrected chi connectivity index (χ2v) is 38.2. The molecule has 27 nitrogen and oxygen atoms in total. The van der Waals surface area contributed by atoms with Gasteiger partial charge in [0.25, 0.3) is 16.7 Å². The summed E-state index contributed by atoms with van der Waals surface area (Å²) in [4.78, 5) is 119. The van der Waals surface area contributed by atoms with E-state index in [-0.39, 0.29) is 181 Å². The second kappa shape index (κ2) is 41.4. The van der Waals surface area contributed by atoms with Gasteiger partial charge in [0.05, 0.1) is 125 Å². The van der Waals surface area contributed by atoms with Crippen molar-refractivity contribution < 1.29 is 42.9 Å². The summed E-state index contributed by atoms with van der Waals surface area (Å²) in [6.07, 6.45) is 8.59. The molecule has 3 saturated heterocycles. The molecule has 3 aliphatic rings. The Kier molecular flexibility index (Phi) is 31.1. The summed E-state index contributed by atoms with van der Waals surface area (Å²) in [5, 5.41) is 58.8. The average Bonchev–Trinajstić information content (AvgIpc) is 0.726. The number of phenolic OH excluding ortho intramolecular Hbond substituents is 3. The van der Waals surface area contributed by atoms with Crippen molar-refractivity contribution in [3.63, 3.8) is 0 Å². The molecule has 3 amide bonds. The van der Waals surface area contributed by atoms with Crippen LogP contribution in [0.1, 0.15) is 131 Å². The predicted molar refractivity (Wildman–Crippen MR) is 538 cm³/mol. The maximum atomic E-state index is 15.7. The summed E-state index contributed by atoms with van der Waals surface area (Å²) >= 11 is 76.0. The minimum atomic E-state index is -1.14. The van der Waals surface area contributed by atoms with Gasteiger partial charge in [-0.15, -0.1) is 0 Å². The van der Waals surface area contributed by atoms with Gasteiger partial charge in [0, 0.05) is 117 Å². The standard InChI is InChI=1S/3C32H27Cl4FN6O3/c2*1-6-20(44)42-10-9-41(13-16(42)5)29-17-11-19(33)27(21-22(34)30(45)24(36)23(35)25(21)37)40-31(17)43(32(46)18(29)12-38)28-15(4)7-8-39-26(28)14(2)3;1-6-20(44)42-10-9-41(13-16(42)5)29-17-11-19(33)27(21-22(34)25(37)24(36)30(45)23(21)35)40-31(17)43(32(46)18(29)12-38)28-15(4)7-8-39-26(28)14(2)3/h3*6-8,11,14,16,45H,1,9-10,13H2,2-5H3/t3*16-/m111/s1. The predicted octanol–water partition coefficient (Wildman–Crippen LogP) is 22.3. The molecule has 714 valence electrons. The molecule has 15 rings (SSSR count). The van der Waals surface area contributed by atoms with Crippen LogP contribution < -0.4 is 31.4 Å². The van der Waals surface area contributed by atoms with E-state index in [0.717, 1.165) is 0 Å². The van der Waals surface area contributed by atoms with E-state index < -0.39 is 108 Å². The lowest BCUT2D eigenvalue weighted by molar-refractivity contribution is -0.129. The number of nitrogens with zero attached hydrogens (tertiary/aromatic N) is 18. The molecule has 0 spiro atoms. The van der Waals surface area contributed by atoms with Crippen LogP contribution in [0.2, 0.25) is 60.3 Å². The van der Waals surface area contributed by atoms with Crippen LogP contribution in [0.15, 0.2) is 107 Å². The zero-order valence-electron chi connectivity index (χ0n) is 75.4. The summed E-state index contributed by atoms with van der Waals surface area (Å²) < 4.78 is 50.3. The first kappa shape index (κ1) is 104. The van der Waals surface area contributed by atoms with Crippen molar-refractivity contribution >= 4 is 207 Å². The van der Waals surface area contributed by atoms with Crippen molar-refractivity contribution in [1.82, 2.24) is 58.3 Å². The molecule has 0 unspecified atom stereocenters. The van der Waals surface area contributed by atoms with Gasteiger partial charge >= 0.3 is 0 Å². The third-order valence-corrected chi connectivity index (χ3v) is 28.3. The van der Waals surface area contributed by atoms with Gasteiger partial charge in [-0.25, -0.2) is 28.1 Å². The molecule has 3 aromatic carbocycles. The van der Waals surface area contributed by atoms with Gasteiger partial charge in [-0.3, -0.25) is 57.4 Å². The van der Waals surface area contributed by atoms with Crippen LogP contribution in [0, 0.1) is 72.2 Å². The monoisotopic (exact) mass is 2110 g/mol. The molecule has 3 atom stereocenters. The number of aromatic hydroxyl groups is 3. The molecule has 0 bridgehead atoms. The largest absolute Gasteiger partial charge is 0.505 e. The number of amides is 3. The molecule has 3 aliphatic heterocycles. The number of halogens is 15. The lowest BCUT2D eigenvalue weighted by Gasteiger charge is -2.41. The van der Waals surface area contributed by atoms with Gasteiger partial charge in [-0.05, 0) is 131 Å². The van der Waals surface area contributed by atoms with Crippen LogP contribution in [0.3, 0.4) is 0 Å². The van der Waals surface area contributed by atoms with Crippen molar-refractivity contribution in [1.29, 1.82) is 15.8 Å². The topological polar surface area (TPSA) is 346 Å². The fraction of sp³-hybridized carbons (Fsp3) is 0.281.